The lowest BCUT2D eigenvalue weighted by atomic mass is 9.98. The fraction of sp³-hybridized carbons (Fsp3) is 0.409. The SMILES string of the molecule is O=C(NC1CCN(Cc2cccc(O)c2)CC1)[C@H]1CCc2ccccc21. The molecule has 0 unspecified atom stereocenters. The van der Waals surface area contributed by atoms with Gasteiger partial charge in [0.2, 0.25) is 5.91 Å². The van der Waals surface area contributed by atoms with Crippen molar-refractivity contribution in [3.63, 3.8) is 0 Å². The van der Waals surface area contributed by atoms with Crippen molar-refractivity contribution in [2.24, 2.45) is 0 Å². The first kappa shape index (κ1) is 17.1. The Morgan fingerprint density at radius 1 is 1.08 bits per heavy atom. The monoisotopic (exact) mass is 350 g/mol. The molecule has 1 aliphatic carbocycles. The van der Waals surface area contributed by atoms with Crippen LogP contribution in [0.4, 0.5) is 0 Å². The summed E-state index contributed by atoms with van der Waals surface area (Å²) in [6, 6.07) is 16.1. The van der Waals surface area contributed by atoms with E-state index >= 15 is 0 Å². The second-order valence-corrected chi connectivity index (χ2v) is 7.52. The molecule has 1 aliphatic heterocycles. The number of piperidine rings is 1. The van der Waals surface area contributed by atoms with Gasteiger partial charge >= 0.3 is 0 Å². The molecule has 1 fully saturated rings. The number of phenols is 1. The Bertz CT molecular complexity index is 781. The van der Waals surface area contributed by atoms with Gasteiger partial charge in [-0.2, -0.15) is 0 Å². The molecule has 1 amide bonds. The van der Waals surface area contributed by atoms with Gasteiger partial charge in [-0.1, -0.05) is 36.4 Å². The van der Waals surface area contributed by atoms with Crippen molar-refractivity contribution in [2.75, 3.05) is 13.1 Å². The van der Waals surface area contributed by atoms with E-state index in [2.05, 4.69) is 28.4 Å². The van der Waals surface area contributed by atoms with E-state index in [9.17, 15) is 9.90 Å². The van der Waals surface area contributed by atoms with E-state index in [1.165, 1.54) is 11.1 Å². The summed E-state index contributed by atoms with van der Waals surface area (Å²) in [6.07, 6.45) is 3.91. The van der Waals surface area contributed by atoms with E-state index in [4.69, 9.17) is 0 Å². The molecule has 2 aliphatic rings. The van der Waals surface area contributed by atoms with Gasteiger partial charge < -0.3 is 10.4 Å². The number of nitrogens with zero attached hydrogens (tertiary/aromatic N) is 1. The maximum absolute atomic E-state index is 12.7. The zero-order valence-corrected chi connectivity index (χ0v) is 15.0. The molecule has 0 radical (unpaired) electrons. The van der Waals surface area contributed by atoms with Crippen molar-refractivity contribution in [3.8, 4) is 5.75 Å². The molecule has 1 saturated heterocycles. The second kappa shape index (κ2) is 7.50. The molecule has 4 rings (SSSR count). The highest BCUT2D eigenvalue weighted by molar-refractivity contribution is 5.85. The summed E-state index contributed by atoms with van der Waals surface area (Å²) in [7, 11) is 0. The molecule has 136 valence electrons. The number of phenolic OH excluding ortho intramolecular Hbond substituents is 1. The lowest BCUT2D eigenvalue weighted by Crippen LogP contribution is -2.45. The molecule has 2 aromatic carbocycles. The molecule has 4 nitrogen and oxygen atoms in total. The van der Waals surface area contributed by atoms with Crippen LogP contribution in [0.3, 0.4) is 0 Å². The minimum atomic E-state index is 0.0246. The minimum absolute atomic E-state index is 0.0246. The number of amides is 1. The van der Waals surface area contributed by atoms with Crippen LogP contribution in [0.2, 0.25) is 0 Å². The second-order valence-electron chi connectivity index (χ2n) is 7.52. The molecule has 2 N–H and O–H groups in total. The third kappa shape index (κ3) is 3.75. The van der Waals surface area contributed by atoms with Crippen LogP contribution in [-0.2, 0) is 17.8 Å². The molecular formula is C22H26N2O2. The maximum atomic E-state index is 12.7. The summed E-state index contributed by atoms with van der Waals surface area (Å²) >= 11 is 0. The summed E-state index contributed by atoms with van der Waals surface area (Å²) < 4.78 is 0. The van der Waals surface area contributed by atoms with E-state index in [1.807, 2.05) is 24.3 Å². The van der Waals surface area contributed by atoms with Crippen LogP contribution >= 0.6 is 0 Å². The number of nitrogens with one attached hydrogen (secondary N) is 1. The van der Waals surface area contributed by atoms with Gasteiger partial charge in [0.15, 0.2) is 0 Å². The number of aryl methyl sites for hydroxylation is 1. The standard InChI is InChI=1S/C22H26N2O2/c25-19-6-3-4-16(14-19)15-24-12-10-18(11-13-24)23-22(26)21-9-8-17-5-1-2-7-20(17)21/h1-7,14,18,21,25H,8-13,15H2,(H,23,26)/t21-/m0/s1. The summed E-state index contributed by atoms with van der Waals surface area (Å²) in [4.78, 5) is 15.1. The molecule has 2 aromatic rings. The number of fused-ring (bicyclic) bond motifs is 1. The molecule has 0 bridgehead atoms. The van der Waals surface area contributed by atoms with Crippen LogP contribution in [-0.4, -0.2) is 35.0 Å². The smallest absolute Gasteiger partial charge is 0.227 e. The maximum Gasteiger partial charge on any atom is 0.227 e. The summed E-state index contributed by atoms with van der Waals surface area (Å²) in [5, 5.41) is 12.9. The fourth-order valence-corrected chi connectivity index (χ4v) is 4.28. The number of hydrogen-bond acceptors (Lipinski definition) is 3. The average molecular weight is 350 g/mol. The molecule has 4 heteroatoms. The van der Waals surface area contributed by atoms with Crippen molar-refractivity contribution in [3.05, 3.63) is 65.2 Å². The Labute approximate surface area is 154 Å². The van der Waals surface area contributed by atoms with Crippen LogP contribution < -0.4 is 5.32 Å². The topological polar surface area (TPSA) is 52.6 Å². The van der Waals surface area contributed by atoms with E-state index in [1.54, 1.807) is 6.07 Å². The molecule has 0 aromatic heterocycles. The summed E-state index contributed by atoms with van der Waals surface area (Å²) in [5.41, 5.74) is 3.68. The van der Waals surface area contributed by atoms with Crippen molar-refractivity contribution in [2.45, 2.75) is 44.2 Å². The van der Waals surface area contributed by atoms with E-state index < -0.39 is 0 Å². The van der Waals surface area contributed by atoms with E-state index in [-0.39, 0.29) is 17.9 Å². The number of benzene rings is 2. The highest BCUT2D eigenvalue weighted by Gasteiger charge is 2.30. The van der Waals surface area contributed by atoms with Crippen molar-refractivity contribution in [1.29, 1.82) is 0 Å². The Balaban J connectivity index is 1.28. The lowest BCUT2D eigenvalue weighted by molar-refractivity contribution is -0.123. The molecule has 0 saturated carbocycles. The van der Waals surface area contributed by atoms with Gasteiger partial charge in [-0.3, -0.25) is 9.69 Å². The zero-order chi connectivity index (χ0) is 17.9. The third-order valence-corrected chi connectivity index (χ3v) is 5.70. The predicted molar refractivity (Wildman–Crippen MR) is 102 cm³/mol. The summed E-state index contributed by atoms with van der Waals surface area (Å²) in [6.45, 7) is 2.80. The van der Waals surface area contributed by atoms with Gasteiger partial charge in [-0.05, 0) is 54.5 Å². The Morgan fingerprint density at radius 2 is 1.88 bits per heavy atom. The molecule has 0 spiro atoms. The summed E-state index contributed by atoms with van der Waals surface area (Å²) in [5.74, 6) is 0.541. The van der Waals surface area contributed by atoms with Gasteiger partial charge in [0.1, 0.15) is 5.75 Å². The number of likely N-dealkylation sites (tertiary alicyclic amines) is 1. The van der Waals surface area contributed by atoms with Crippen molar-refractivity contribution >= 4 is 5.91 Å². The van der Waals surface area contributed by atoms with Crippen LogP contribution in [0.25, 0.3) is 0 Å². The Hall–Kier alpha value is -2.33. The van der Waals surface area contributed by atoms with Gasteiger partial charge in [-0.25, -0.2) is 0 Å². The molecule has 1 heterocycles. The Morgan fingerprint density at radius 3 is 2.69 bits per heavy atom. The van der Waals surface area contributed by atoms with Crippen LogP contribution in [0.5, 0.6) is 5.75 Å². The lowest BCUT2D eigenvalue weighted by Gasteiger charge is -2.33. The zero-order valence-electron chi connectivity index (χ0n) is 15.0. The number of hydrogen-bond donors (Lipinski definition) is 2. The van der Waals surface area contributed by atoms with Crippen LogP contribution in [0.1, 0.15) is 41.9 Å². The fourth-order valence-electron chi connectivity index (χ4n) is 4.28. The van der Waals surface area contributed by atoms with Crippen LogP contribution in [0.15, 0.2) is 48.5 Å². The van der Waals surface area contributed by atoms with E-state index in [0.29, 0.717) is 5.75 Å². The molecule has 1 atom stereocenters. The minimum Gasteiger partial charge on any atom is -0.508 e. The average Bonchev–Trinajstić information content (AvgIpc) is 3.08. The van der Waals surface area contributed by atoms with Crippen molar-refractivity contribution < 1.29 is 9.90 Å². The Kier molecular flexibility index (Phi) is 4.93. The van der Waals surface area contributed by atoms with Gasteiger partial charge in [-0.15, -0.1) is 0 Å². The van der Waals surface area contributed by atoms with Crippen LogP contribution in [0, 0.1) is 0 Å². The number of aromatic hydroxyl groups is 1. The normalized spacial score (nSPS) is 20.7. The van der Waals surface area contributed by atoms with Gasteiger partial charge in [0.25, 0.3) is 0 Å². The number of carbonyl (C=O) groups excluding carboxylic acids is 1. The largest absolute Gasteiger partial charge is 0.508 e. The number of rotatable bonds is 4. The molecular weight excluding hydrogens is 324 g/mol. The number of carbonyl (C=O) groups is 1. The first-order valence-electron chi connectivity index (χ1n) is 9.57. The molecule has 26 heavy (non-hydrogen) atoms. The highest BCUT2D eigenvalue weighted by atomic mass is 16.3. The first-order chi connectivity index (χ1) is 12.7. The van der Waals surface area contributed by atoms with Crippen molar-refractivity contribution in [1.82, 2.24) is 10.2 Å². The van der Waals surface area contributed by atoms with Gasteiger partial charge in [0.05, 0.1) is 5.92 Å². The first-order valence-corrected chi connectivity index (χ1v) is 9.57. The highest BCUT2D eigenvalue weighted by Crippen LogP contribution is 2.33. The van der Waals surface area contributed by atoms with Gasteiger partial charge in [0, 0.05) is 25.7 Å². The predicted octanol–water partition coefficient (Wildman–Crippen LogP) is 3.20. The quantitative estimate of drug-likeness (QED) is 0.890. The third-order valence-electron chi connectivity index (χ3n) is 5.70. The van der Waals surface area contributed by atoms with E-state index in [0.717, 1.165) is 50.9 Å².